The van der Waals surface area contributed by atoms with Gasteiger partial charge >= 0.3 is 0 Å². The molecule has 1 amide bonds. The number of hydrogen-bond donors (Lipinski definition) is 2. The number of carbonyl (C=O) groups excluding carboxylic acids is 1. The van der Waals surface area contributed by atoms with Crippen LogP contribution in [-0.4, -0.2) is 25.0 Å². The molecule has 16 heavy (non-hydrogen) atoms. The molecule has 0 aromatic rings. The second kappa shape index (κ2) is 5.67. The molecule has 0 aliphatic heterocycles. The van der Waals surface area contributed by atoms with Gasteiger partial charge in [-0.3, -0.25) is 4.79 Å². The summed E-state index contributed by atoms with van der Waals surface area (Å²) in [5, 5.41) is 6.44. The van der Waals surface area contributed by atoms with Crippen LogP contribution in [0.4, 0.5) is 0 Å². The van der Waals surface area contributed by atoms with Gasteiger partial charge in [0, 0.05) is 19.1 Å². The molecule has 0 aromatic carbocycles. The zero-order chi connectivity index (χ0) is 12.2. The maximum atomic E-state index is 11.8. The van der Waals surface area contributed by atoms with Crippen LogP contribution >= 0.6 is 0 Å². The summed E-state index contributed by atoms with van der Waals surface area (Å²) in [5.41, 5.74) is -0.307. The van der Waals surface area contributed by atoms with E-state index >= 15 is 0 Å². The van der Waals surface area contributed by atoms with Gasteiger partial charge in [-0.1, -0.05) is 6.92 Å². The molecule has 0 spiro atoms. The molecule has 2 N–H and O–H groups in total. The fourth-order valence-corrected chi connectivity index (χ4v) is 2.01. The Bertz CT molecular complexity index is 234. The Kier molecular flexibility index (Phi) is 4.78. The molecule has 0 saturated heterocycles. The summed E-state index contributed by atoms with van der Waals surface area (Å²) in [6.45, 7) is 9.67. The maximum Gasteiger partial charge on any atom is 0.226 e. The van der Waals surface area contributed by atoms with Gasteiger partial charge in [-0.25, -0.2) is 0 Å². The quantitative estimate of drug-likeness (QED) is 0.696. The minimum atomic E-state index is -0.307. The molecule has 0 heterocycles. The third-order valence-electron chi connectivity index (χ3n) is 3.39. The summed E-state index contributed by atoms with van der Waals surface area (Å²) < 4.78 is 0. The van der Waals surface area contributed by atoms with E-state index in [2.05, 4.69) is 17.6 Å². The van der Waals surface area contributed by atoms with E-state index in [4.69, 9.17) is 0 Å². The molecule has 1 aliphatic rings. The summed E-state index contributed by atoms with van der Waals surface area (Å²) >= 11 is 0. The highest BCUT2D eigenvalue weighted by atomic mass is 16.2. The van der Waals surface area contributed by atoms with Crippen LogP contribution in [0.2, 0.25) is 0 Å². The highest BCUT2D eigenvalue weighted by Crippen LogP contribution is 2.34. The van der Waals surface area contributed by atoms with Crippen LogP contribution < -0.4 is 10.6 Å². The topological polar surface area (TPSA) is 41.1 Å². The van der Waals surface area contributed by atoms with Crippen LogP contribution in [0.25, 0.3) is 0 Å². The molecule has 1 fully saturated rings. The average Bonchev–Trinajstić information content (AvgIpc) is 3.03. The summed E-state index contributed by atoms with van der Waals surface area (Å²) in [5.74, 6) is 1.00. The molecule has 0 radical (unpaired) electrons. The van der Waals surface area contributed by atoms with Crippen molar-refractivity contribution in [2.24, 2.45) is 11.3 Å². The summed E-state index contributed by atoms with van der Waals surface area (Å²) in [6, 6.07) is 0.605. The Balaban J connectivity index is 2.36. The highest BCUT2D eigenvalue weighted by molar-refractivity contribution is 5.81. The third-order valence-corrected chi connectivity index (χ3v) is 3.39. The van der Waals surface area contributed by atoms with Crippen molar-refractivity contribution in [3.8, 4) is 0 Å². The first-order valence-corrected chi connectivity index (χ1v) is 6.53. The second-order valence-corrected chi connectivity index (χ2v) is 5.48. The summed E-state index contributed by atoms with van der Waals surface area (Å²) in [6.07, 6.45) is 3.87. The van der Waals surface area contributed by atoms with E-state index < -0.39 is 0 Å². The van der Waals surface area contributed by atoms with Gasteiger partial charge in [0.05, 0.1) is 5.41 Å². The SMILES string of the molecule is CCNC(=O)C(C)(C)CNC(CC)C1CC1. The molecule has 0 bridgehead atoms. The van der Waals surface area contributed by atoms with Crippen molar-refractivity contribution in [1.29, 1.82) is 0 Å². The lowest BCUT2D eigenvalue weighted by atomic mass is 9.91. The second-order valence-electron chi connectivity index (χ2n) is 5.48. The zero-order valence-electron chi connectivity index (χ0n) is 11.1. The maximum absolute atomic E-state index is 11.8. The standard InChI is InChI=1S/C13H26N2O/c1-5-11(10-7-8-10)15-9-13(3,4)12(16)14-6-2/h10-11,15H,5-9H2,1-4H3,(H,14,16). The molecule has 1 rings (SSSR count). The van der Waals surface area contributed by atoms with Crippen molar-refractivity contribution in [3.05, 3.63) is 0 Å². The number of hydrogen-bond acceptors (Lipinski definition) is 2. The summed E-state index contributed by atoms with van der Waals surface area (Å²) in [7, 11) is 0. The molecule has 3 nitrogen and oxygen atoms in total. The Labute approximate surface area is 99.4 Å². The van der Waals surface area contributed by atoms with Crippen LogP contribution in [0.15, 0.2) is 0 Å². The van der Waals surface area contributed by atoms with Crippen molar-refractivity contribution in [1.82, 2.24) is 10.6 Å². The van der Waals surface area contributed by atoms with Crippen molar-refractivity contribution >= 4 is 5.91 Å². The predicted molar refractivity (Wildman–Crippen MR) is 67.3 cm³/mol. The van der Waals surface area contributed by atoms with Gasteiger partial charge in [-0.2, -0.15) is 0 Å². The van der Waals surface area contributed by atoms with Crippen molar-refractivity contribution in [2.75, 3.05) is 13.1 Å². The molecule has 0 aromatic heterocycles. The minimum absolute atomic E-state index is 0.146. The van der Waals surface area contributed by atoms with E-state index in [-0.39, 0.29) is 11.3 Å². The molecule has 1 atom stereocenters. The van der Waals surface area contributed by atoms with Gasteiger partial charge in [0.15, 0.2) is 0 Å². The fourth-order valence-electron chi connectivity index (χ4n) is 2.01. The monoisotopic (exact) mass is 226 g/mol. The molecule has 3 heteroatoms. The number of carbonyl (C=O) groups is 1. The smallest absolute Gasteiger partial charge is 0.226 e. The molecular formula is C13H26N2O. The lowest BCUT2D eigenvalue weighted by molar-refractivity contribution is -0.129. The van der Waals surface area contributed by atoms with Crippen LogP contribution in [0, 0.1) is 11.3 Å². The first-order chi connectivity index (χ1) is 7.51. The molecule has 1 aliphatic carbocycles. The van der Waals surface area contributed by atoms with E-state index in [0.717, 1.165) is 18.9 Å². The van der Waals surface area contributed by atoms with Crippen LogP contribution in [0.5, 0.6) is 0 Å². The predicted octanol–water partition coefficient (Wildman–Crippen LogP) is 1.93. The molecule has 1 unspecified atom stereocenters. The largest absolute Gasteiger partial charge is 0.356 e. The lowest BCUT2D eigenvalue weighted by Crippen LogP contribution is -2.46. The Morgan fingerprint density at radius 1 is 1.38 bits per heavy atom. The minimum Gasteiger partial charge on any atom is -0.356 e. The number of amides is 1. The first kappa shape index (κ1) is 13.5. The molecule has 94 valence electrons. The van der Waals surface area contributed by atoms with E-state index in [9.17, 15) is 4.79 Å². The molecular weight excluding hydrogens is 200 g/mol. The van der Waals surface area contributed by atoms with Gasteiger partial charge < -0.3 is 10.6 Å². The van der Waals surface area contributed by atoms with Crippen LogP contribution in [0.1, 0.15) is 47.0 Å². The van der Waals surface area contributed by atoms with E-state index in [1.807, 2.05) is 20.8 Å². The Hall–Kier alpha value is -0.570. The number of nitrogens with one attached hydrogen (secondary N) is 2. The normalized spacial score (nSPS) is 18.2. The van der Waals surface area contributed by atoms with Crippen molar-refractivity contribution in [3.63, 3.8) is 0 Å². The Morgan fingerprint density at radius 2 is 2.00 bits per heavy atom. The zero-order valence-corrected chi connectivity index (χ0v) is 11.1. The fraction of sp³-hybridized carbons (Fsp3) is 0.923. The van der Waals surface area contributed by atoms with Gasteiger partial charge in [0.2, 0.25) is 5.91 Å². The van der Waals surface area contributed by atoms with E-state index in [1.54, 1.807) is 0 Å². The van der Waals surface area contributed by atoms with Crippen molar-refractivity contribution < 1.29 is 4.79 Å². The van der Waals surface area contributed by atoms with Crippen LogP contribution in [0.3, 0.4) is 0 Å². The van der Waals surface area contributed by atoms with Crippen molar-refractivity contribution in [2.45, 2.75) is 53.0 Å². The van der Waals surface area contributed by atoms with Gasteiger partial charge in [0.1, 0.15) is 0 Å². The van der Waals surface area contributed by atoms with Gasteiger partial charge in [0.25, 0.3) is 0 Å². The van der Waals surface area contributed by atoms with E-state index in [0.29, 0.717) is 12.6 Å². The summed E-state index contributed by atoms with van der Waals surface area (Å²) in [4.78, 5) is 11.8. The highest BCUT2D eigenvalue weighted by Gasteiger charge is 2.33. The number of rotatable bonds is 7. The Morgan fingerprint density at radius 3 is 2.44 bits per heavy atom. The average molecular weight is 226 g/mol. The third kappa shape index (κ3) is 3.78. The lowest BCUT2D eigenvalue weighted by Gasteiger charge is -2.27. The van der Waals surface area contributed by atoms with E-state index in [1.165, 1.54) is 12.8 Å². The van der Waals surface area contributed by atoms with Gasteiger partial charge in [-0.05, 0) is 46.0 Å². The molecule has 1 saturated carbocycles. The first-order valence-electron chi connectivity index (χ1n) is 6.53. The van der Waals surface area contributed by atoms with Crippen LogP contribution in [-0.2, 0) is 4.79 Å². The van der Waals surface area contributed by atoms with Gasteiger partial charge in [-0.15, -0.1) is 0 Å².